The summed E-state index contributed by atoms with van der Waals surface area (Å²) in [5.41, 5.74) is 2.68. The fourth-order valence-corrected chi connectivity index (χ4v) is 3.30. The standard InChI is InChI=1S/C16H24N6O3/c1-3-16(2)14(24)22(15(25)19-16)20-13(23)10-21-6-4-11(5-7-21)12-8-17-18-9-12/h8-9,11H,3-7,10H2,1-2H3,(H,17,18)(H,19,25)(H,20,23). The van der Waals surface area contributed by atoms with Crippen LogP contribution in [0.3, 0.4) is 0 Å². The van der Waals surface area contributed by atoms with E-state index in [0.29, 0.717) is 12.3 Å². The lowest BCUT2D eigenvalue weighted by Gasteiger charge is -2.31. The zero-order valence-corrected chi connectivity index (χ0v) is 14.5. The largest absolute Gasteiger partial charge is 0.344 e. The third-order valence-corrected chi connectivity index (χ3v) is 5.15. The SMILES string of the molecule is CCC1(C)NC(=O)N(NC(=O)CN2CCC(c3cn[nH]c3)CC2)C1=O. The number of rotatable bonds is 5. The minimum atomic E-state index is -0.951. The quantitative estimate of drug-likeness (QED) is 0.665. The van der Waals surface area contributed by atoms with Gasteiger partial charge in [0.2, 0.25) is 0 Å². The van der Waals surface area contributed by atoms with Gasteiger partial charge in [-0.25, -0.2) is 4.79 Å². The number of hydrogen-bond acceptors (Lipinski definition) is 5. The minimum absolute atomic E-state index is 0.165. The number of urea groups is 1. The van der Waals surface area contributed by atoms with E-state index in [1.807, 2.05) is 24.2 Å². The smallest absolute Gasteiger partial charge is 0.322 e. The number of piperidine rings is 1. The lowest BCUT2D eigenvalue weighted by Crippen LogP contribution is -2.51. The number of aromatic amines is 1. The Morgan fingerprint density at radius 3 is 2.68 bits per heavy atom. The van der Waals surface area contributed by atoms with Gasteiger partial charge in [-0.1, -0.05) is 6.92 Å². The molecule has 0 aromatic carbocycles. The van der Waals surface area contributed by atoms with Gasteiger partial charge in [-0.05, 0) is 50.8 Å². The van der Waals surface area contributed by atoms with Crippen molar-refractivity contribution in [3.8, 4) is 0 Å². The maximum Gasteiger partial charge on any atom is 0.344 e. The molecule has 3 rings (SSSR count). The Balaban J connectivity index is 1.49. The fraction of sp³-hybridized carbons (Fsp3) is 0.625. The molecule has 0 aliphatic carbocycles. The molecule has 2 aliphatic heterocycles. The van der Waals surface area contributed by atoms with Gasteiger partial charge in [0.1, 0.15) is 5.54 Å². The van der Waals surface area contributed by atoms with Gasteiger partial charge in [-0.15, -0.1) is 0 Å². The maximum absolute atomic E-state index is 12.3. The summed E-state index contributed by atoms with van der Waals surface area (Å²) in [6.45, 7) is 5.21. The highest BCUT2D eigenvalue weighted by atomic mass is 16.2. The molecular formula is C16H24N6O3. The molecule has 1 unspecified atom stereocenters. The number of carbonyl (C=O) groups is 3. The highest BCUT2D eigenvalue weighted by molar-refractivity contribution is 6.07. The Morgan fingerprint density at radius 2 is 2.12 bits per heavy atom. The highest BCUT2D eigenvalue weighted by Gasteiger charge is 2.47. The van der Waals surface area contributed by atoms with Crippen LogP contribution in [0.15, 0.2) is 12.4 Å². The number of likely N-dealkylation sites (tertiary alicyclic amines) is 1. The molecule has 9 nitrogen and oxygen atoms in total. The minimum Gasteiger partial charge on any atom is -0.322 e. The van der Waals surface area contributed by atoms with Crippen molar-refractivity contribution in [1.29, 1.82) is 0 Å². The number of hydrogen-bond donors (Lipinski definition) is 3. The van der Waals surface area contributed by atoms with Gasteiger partial charge in [0, 0.05) is 6.20 Å². The van der Waals surface area contributed by atoms with Crippen molar-refractivity contribution in [1.82, 2.24) is 30.8 Å². The van der Waals surface area contributed by atoms with Crippen LogP contribution in [0.25, 0.3) is 0 Å². The predicted molar refractivity (Wildman–Crippen MR) is 89.2 cm³/mol. The van der Waals surface area contributed by atoms with Gasteiger partial charge in [-0.3, -0.25) is 25.0 Å². The van der Waals surface area contributed by atoms with Gasteiger partial charge in [0.15, 0.2) is 0 Å². The van der Waals surface area contributed by atoms with Crippen LogP contribution in [0.4, 0.5) is 4.79 Å². The lowest BCUT2D eigenvalue weighted by molar-refractivity contribution is -0.139. The molecule has 0 bridgehead atoms. The normalized spacial score (nSPS) is 25.3. The molecule has 3 heterocycles. The summed E-state index contributed by atoms with van der Waals surface area (Å²) in [4.78, 5) is 38.5. The van der Waals surface area contributed by atoms with Gasteiger partial charge in [0.05, 0.1) is 12.7 Å². The van der Waals surface area contributed by atoms with Crippen LogP contribution in [0.1, 0.15) is 44.6 Å². The van der Waals surface area contributed by atoms with Crippen molar-refractivity contribution in [2.75, 3.05) is 19.6 Å². The molecule has 0 spiro atoms. The Bertz CT molecular complexity index is 653. The monoisotopic (exact) mass is 348 g/mol. The first-order valence-corrected chi connectivity index (χ1v) is 8.60. The number of hydrazine groups is 1. The number of amides is 4. The second-order valence-corrected chi connectivity index (χ2v) is 6.87. The van der Waals surface area contributed by atoms with Crippen molar-refractivity contribution in [2.24, 2.45) is 0 Å². The van der Waals surface area contributed by atoms with Gasteiger partial charge in [-0.2, -0.15) is 10.1 Å². The molecule has 3 N–H and O–H groups in total. The average molecular weight is 348 g/mol. The first kappa shape index (κ1) is 17.4. The van der Waals surface area contributed by atoms with Crippen LogP contribution in [0, 0.1) is 0 Å². The van der Waals surface area contributed by atoms with E-state index in [2.05, 4.69) is 20.9 Å². The first-order chi connectivity index (χ1) is 11.9. The number of H-pyrrole nitrogens is 1. The van der Waals surface area contributed by atoms with Gasteiger partial charge in [0.25, 0.3) is 11.8 Å². The van der Waals surface area contributed by atoms with E-state index < -0.39 is 17.5 Å². The van der Waals surface area contributed by atoms with Crippen molar-refractivity contribution in [2.45, 2.75) is 44.6 Å². The molecule has 2 fully saturated rings. The molecule has 1 aromatic heterocycles. The molecule has 25 heavy (non-hydrogen) atoms. The van der Waals surface area contributed by atoms with Crippen LogP contribution in [-0.2, 0) is 9.59 Å². The molecule has 0 radical (unpaired) electrons. The van der Waals surface area contributed by atoms with E-state index in [1.54, 1.807) is 6.92 Å². The topological polar surface area (TPSA) is 110 Å². The van der Waals surface area contributed by atoms with Crippen LogP contribution < -0.4 is 10.7 Å². The number of imide groups is 1. The number of nitrogens with one attached hydrogen (secondary N) is 3. The molecule has 1 aromatic rings. The van der Waals surface area contributed by atoms with Gasteiger partial charge >= 0.3 is 6.03 Å². The zero-order valence-electron chi connectivity index (χ0n) is 14.5. The summed E-state index contributed by atoms with van der Waals surface area (Å²) < 4.78 is 0. The van der Waals surface area contributed by atoms with E-state index in [9.17, 15) is 14.4 Å². The summed E-state index contributed by atoms with van der Waals surface area (Å²) in [7, 11) is 0. The molecule has 1 atom stereocenters. The van der Waals surface area contributed by atoms with E-state index in [1.165, 1.54) is 5.56 Å². The summed E-state index contributed by atoms with van der Waals surface area (Å²) in [6.07, 6.45) is 6.11. The lowest BCUT2D eigenvalue weighted by atomic mass is 9.92. The molecule has 0 saturated carbocycles. The molecule has 4 amide bonds. The Labute approximate surface area is 146 Å². The Kier molecular flexibility index (Phi) is 4.76. The number of nitrogens with zero attached hydrogens (tertiary/aromatic N) is 3. The van der Waals surface area contributed by atoms with Crippen molar-refractivity contribution in [3.63, 3.8) is 0 Å². The molecule has 136 valence electrons. The van der Waals surface area contributed by atoms with Gasteiger partial charge < -0.3 is 5.32 Å². The van der Waals surface area contributed by atoms with Crippen LogP contribution >= 0.6 is 0 Å². The first-order valence-electron chi connectivity index (χ1n) is 8.60. The van der Waals surface area contributed by atoms with Crippen LogP contribution in [0.2, 0.25) is 0 Å². The predicted octanol–water partition coefficient (Wildman–Crippen LogP) is 0.341. The molecule has 9 heteroatoms. The fourth-order valence-electron chi connectivity index (χ4n) is 3.30. The van der Waals surface area contributed by atoms with E-state index in [4.69, 9.17) is 0 Å². The molecule has 2 aliphatic rings. The zero-order chi connectivity index (χ0) is 18.0. The summed E-state index contributed by atoms with van der Waals surface area (Å²) >= 11 is 0. The Morgan fingerprint density at radius 1 is 1.40 bits per heavy atom. The van der Waals surface area contributed by atoms with E-state index in [-0.39, 0.29) is 12.5 Å². The van der Waals surface area contributed by atoms with Crippen LogP contribution in [0.5, 0.6) is 0 Å². The van der Waals surface area contributed by atoms with E-state index in [0.717, 1.165) is 30.9 Å². The van der Waals surface area contributed by atoms with Crippen LogP contribution in [-0.4, -0.2) is 63.1 Å². The molecular weight excluding hydrogens is 324 g/mol. The van der Waals surface area contributed by atoms with E-state index >= 15 is 0 Å². The van der Waals surface area contributed by atoms with Crippen molar-refractivity contribution < 1.29 is 14.4 Å². The Hall–Kier alpha value is -2.42. The average Bonchev–Trinajstić information content (AvgIpc) is 3.20. The molecule has 2 saturated heterocycles. The third kappa shape index (κ3) is 3.51. The van der Waals surface area contributed by atoms with Crippen molar-refractivity contribution >= 4 is 17.8 Å². The number of carbonyl (C=O) groups excluding carboxylic acids is 3. The highest BCUT2D eigenvalue weighted by Crippen LogP contribution is 2.27. The second-order valence-electron chi connectivity index (χ2n) is 6.87. The third-order valence-electron chi connectivity index (χ3n) is 5.15. The van der Waals surface area contributed by atoms with Crippen molar-refractivity contribution in [3.05, 3.63) is 18.0 Å². The summed E-state index contributed by atoms with van der Waals surface area (Å²) in [5.74, 6) is -0.327. The second kappa shape index (κ2) is 6.83. The summed E-state index contributed by atoms with van der Waals surface area (Å²) in [5, 5.41) is 10.2. The maximum atomic E-state index is 12.3. The summed E-state index contributed by atoms with van der Waals surface area (Å²) in [6, 6.07) is -0.582. The number of aromatic nitrogens is 2.